The van der Waals surface area contributed by atoms with Crippen LogP contribution in [0.3, 0.4) is 0 Å². The maximum atomic E-state index is 14.9. The number of hydrogen-bond acceptors (Lipinski definition) is 4. The van der Waals surface area contributed by atoms with Crippen LogP contribution in [0.2, 0.25) is 0 Å². The molecule has 36 heavy (non-hydrogen) atoms. The highest BCUT2D eigenvalue weighted by atomic mass is 19.1. The van der Waals surface area contributed by atoms with Crippen LogP contribution in [0, 0.1) is 12.7 Å². The summed E-state index contributed by atoms with van der Waals surface area (Å²) in [5.41, 5.74) is 2.84. The maximum absolute atomic E-state index is 14.9. The zero-order chi connectivity index (χ0) is 26.4. The molecule has 1 aliphatic rings. The molecule has 1 fully saturated rings. The summed E-state index contributed by atoms with van der Waals surface area (Å²) in [6.07, 6.45) is 2.64. The SMILES string of the molecule is C=C(C)CNC(=O)c1ccc(-c2cc(C(=O)NC3CC3)cc(F)c2C)c(OCCCC(=O)N(C)C)c1. The van der Waals surface area contributed by atoms with Crippen LogP contribution in [0.4, 0.5) is 4.39 Å². The molecule has 0 heterocycles. The minimum Gasteiger partial charge on any atom is -0.493 e. The summed E-state index contributed by atoms with van der Waals surface area (Å²) in [5.74, 6) is -0.758. The Balaban J connectivity index is 1.93. The van der Waals surface area contributed by atoms with Gasteiger partial charge in [0.25, 0.3) is 11.8 Å². The van der Waals surface area contributed by atoms with E-state index in [4.69, 9.17) is 4.74 Å². The molecular formula is C28H34FN3O4. The fraction of sp³-hybridized carbons (Fsp3) is 0.393. The highest BCUT2D eigenvalue weighted by Gasteiger charge is 2.25. The number of halogens is 1. The fourth-order valence-electron chi connectivity index (χ4n) is 3.55. The minimum absolute atomic E-state index is 0.0148. The quantitative estimate of drug-likeness (QED) is 0.361. The molecule has 2 N–H and O–H groups in total. The monoisotopic (exact) mass is 495 g/mol. The number of ether oxygens (including phenoxy) is 1. The van der Waals surface area contributed by atoms with Gasteiger partial charge in [0.15, 0.2) is 0 Å². The molecule has 0 aliphatic heterocycles. The number of nitrogens with zero attached hydrogens (tertiary/aromatic N) is 1. The number of benzene rings is 2. The highest BCUT2D eigenvalue weighted by Crippen LogP contribution is 2.35. The van der Waals surface area contributed by atoms with Gasteiger partial charge in [0.05, 0.1) is 6.61 Å². The molecule has 0 radical (unpaired) electrons. The van der Waals surface area contributed by atoms with Crippen molar-refractivity contribution in [1.29, 1.82) is 0 Å². The van der Waals surface area contributed by atoms with Crippen molar-refractivity contribution in [2.45, 2.75) is 45.6 Å². The van der Waals surface area contributed by atoms with Gasteiger partial charge in [-0.2, -0.15) is 0 Å². The summed E-state index contributed by atoms with van der Waals surface area (Å²) in [5, 5.41) is 5.68. The molecule has 7 nitrogen and oxygen atoms in total. The Bertz CT molecular complexity index is 1170. The predicted molar refractivity (Wildman–Crippen MR) is 138 cm³/mol. The van der Waals surface area contributed by atoms with E-state index in [1.807, 2.05) is 6.92 Å². The molecule has 0 spiro atoms. The Morgan fingerprint density at radius 1 is 1.08 bits per heavy atom. The number of nitrogens with one attached hydrogen (secondary N) is 2. The molecule has 3 amide bonds. The lowest BCUT2D eigenvalue weighted by Crippen LogP contribution is -2.25. The number of carbonyl (C=O) groups excluding carboxylic acids is 3. The van der Waals surface area contributed by atoms with Crippen LogP contribution in [-0.4, -0.2) is 55.9 Å². The van der Waals surface area contributed by atoms with Gasteiger partial charge >= 0.3 is 0 Å². The molecule has 1 saturated carbocycles. The van der Waals surface area contributed by atoms with Gasteiger partial charge in [0.2, 0.25) is 5.91 Å². The van der Waals surface area contributed by atoms with E-state index < -0.39 is 5.82 Å². The van der Waals surface area contributed by atoms with E-state index in [1.54, 1.807) is 45.3 Å². The molecule has 0 saturated heterocycles. The van der Waals surface area contributed by atoms with E-state index in [-0.39, 0.29) is 35.9 Å². The normalized spacial score (nSPS) is 12.6. The van der Waals surface area contributed by atoms with Crippen molar-refractivity contribution in [3.05, 3.63) is 65.0 Å². The van der Waals surface area contributed by atoms with Gasteiger partial charge in [-0.05, 0) is 74.6 Å². The van der Waals surface area contributed by atoms with E-state index in [0.717, 1.165) is 18.4 Å². The third-order valence-electron chi connectivity index (χ3n) is 5.90. The van der Waals surface area contributed by atoms with E-state index in [0.29, 0.717) is 47.4 Å². The van der Waals surface area contributed by atoms with Crippen molar-refractivity contribution in [3.8, 4) is 16.9 Å². The average molecular weight is 496 g/mol. The molecule has 3 rings (SSSR count). The van der Waals surface area contributed by atoms with Crippen LogP contribution < -0.4 is 15.4 Å². The Labute approximate surface area is 211 Å². The third-order valence-corrected chi connectivity index (χ3v) is 5.90. The summed E-state index contributed by atoms with van der Waals surface area (Å²) in [7, 11) is 3.38. The lowest BCUT2D eigenvalue weighted by atomic mass is 9.95. The van der Waals surface area contributed by atoms with Crippen molar-refractivity contribution in [2.24, 2.45) is 0 Å². The average Bonchev–Trinajstić information content (AvgIpc) is 3.65. The molecule has 0 bridgehead atoms. The molecule has 192 valence electrons. The first-order chi connectivity index (χ1) is 17.1. The second kappa shape index (κ2) is 11.8. The molecule has 0 unspecified atom stereocenters. The van der Waals surface area contributed by atoms with E-state index in [1.165, 1.54) is 11.0 Å². The molecule has 1 aliphatic carbocycles. The highest BCUT2D eigenvalue weighted by molar-refractivity contribution is 5.98. The minimum atomic E-state index is -0.501. The van der Waals surface area contributed by atoms with E-state index in [2.05, 4.69) is 17.2 Å². The van der Waals surface area contributed by atoms with Crippen LogP contribution in [0.25, 0.3) is 11.1 Å². The van der Waals surface area contributed by atoms with Crippen molar-refractivity contribution < 1.29 is 23.5 Å². The van der Waals surface area contributed by atoms with Gasteiger partial charge in [-0.15, -0.1) is 0 Å². The molecule has 0 aromatic heterocycles. The number of hydrogen-bond donors (Lipinski definition) is 2. The van der Waals surface area contributed by atoms with Gasteiger partial charge in [0, 0.05) is 49.8 Å². The third kappa shape index (κ3) is 7.16. The summed E-state index contributed by atoms with van der Waals surface area (Å²) >= 11 is 0. The predicted octanol–water partition coefficient (Wildman–Crippen LogP) is 4.25. The molecule has 0 atom stereocenters. The van der Waals surface area contributed by atoms with Crippen LogP contribution in [0.15, 0.2) is 42.5 Å². The summed E-state index contributed by atoms with van der Waals surface area (Å²) in [4.78, 5) is 38.7. The molecular weight excluding hydrogens is 461 g/mol. The second-order valence-corrected chi connectivity index (χ2v) is 9.47. The summed E-state index contributed by atoms with van der Waals surface area (Å²) in [6, 6.07) is 7.97. The van der Waals surface area contributed by atoms with Crippen molar-refractivity contribution in [2.75, 3.05) is 27.2 Å². The van der Waals surface area contributed by atoms with Crippen LogP contribution >= 0.6 is 0 Å². The van der Waals surface area contributed by atoms with Crippen molar-refractivity contribution in [3.63, 3.8) is 0 Å². The maximum Gasteiger partial charge on any atom is 0.251 e. The largest absolute Gasteiger partial charge is 0.493 e. The van der Waals surface area contributed by atoms with Crippen LogP contribution in [0.1, 0.15) is 58.9 Å². The Hall–Kier alpha value is -3.68. The smallest absolute Gasteiger partial charge is 0.251 e. The summed E-state index contributed by atoms with van der Waals surface area (Å²) in [6.45, 7) is 7.82. The molecule has 8 heteroatoms. The molecule has 2 aromatic rings. The first-order valence-electron chi connectivity index (χ1n) is 12.1. The molecule has 2 aromatic carbocycles. The number of carbonyl (C=O) groups is 3. The van der Waals surface area contributed by atoms with E-state index >= 15 is 0 Å². The van der Waals surface area contributed by atoms with Crippen molar-refractivity contribution >= 4 is 17.7 Å². The van der Waals surface area contributed by atoms with Crippen LogP contribution in [0.5, 0.6) is 5.75 Å². The summed E-state index contributed by atoms with van der Waals surface area (Å²) < 4.78 is 20.9. The fourth-order valence-corrected chi connectivity index (χ4v) is 3.55. The topological polar surface area (TPSA) is 87.7 Å². The lowest BCUT2D eigenvalue weighted by Gasteiger charge is -2.17. The Kier molecular flexibility index (Phi) is 8.85. The van der Waals surface area contributed by atoms with Gasteiger partial charge in [-0.25, -0.2) is 4.39 Å². The lowest BCUT2D eigenvalue weighted by molar-refractivity contribution is -0.128. The zero-order valence-corrected chi connectivity index (χ0v) is 21.4. The Morgan fingerprint density at radius 3 is 2.44 bits per heavy atom. The van der Waals surface area contributed by atoms with Gasteiger partial charge in [-0.1, -0.05) is 12.2 Å². The van der Waals surface area contributed by atoms with Gasteiger partial charge < -0.3 is 20.3 Å². The Morgan fingerprint density at radius 2 is 1.81 bits per heavy atom. The van der Waals surface area contributed by atoms with Gasteiger partial charge in [-0.3, -0.25) is 14.4 Å². The zero-order valence-electron chi connectivity index (χ0n) is 21.4. The van der Waals surface area contributed by atoms with E-state index in [9.17, 15) is 18.8 Å². The number of amides is 3. The standard InChI is InChI=1S/C28H34FN3O4/c1-17(2)16-30-27(34)19-8-11-22(25(15-19)36-12-6-7-26(33)32(4)5)23-13-20(14-24(29)18(23)3)28(35)31-21-9-10-21/h8,11,13-15,21H,1,6-7,9-10,12,16H2,2-5H3,(H,30,34)(H,31,35). The second-order valence-electron chi connectivity index (χ2n) is 9.47. The van der Waals surface area contributed by atoms with Gasteiger partial charge in [0.1, 0.15) is 11.6 Å². The first-order valence-corrected chi connectivity index (χ1v) is 12.1. The van der Waals surface area contributed by atoms with Crippen LogP contribution in [-0.2, 0) is 4.79 Å². The van der Waals surface area contributed by atoms with Crippen molar-refractivity contribution in [1.82, 2.24) is 15.5 Å². The number of rotatable bonds is 11. The first kappa shape index (κ1) is 26.9.